The molecule has 0 aliphatic heterocycles. The first-order valence-electron chi connectivity index (χ1n) is 10.8. The van der Waals surface area contributed by atoms with E-state index in [0.717, 1.165) is 0 Å². The molecule has 0 unspecified atom stereocenters. The molecule has 0 aliphatic carbocycles. The summed E-state index contributed by atoms with van der Waals surface area (Å²) in [6.45, 7) is 0. The minimum Gasteiger partial charge on any atom is -0.507 e. The lowest BCUT2D eigenvalue weighted by Gasteiger charge is -2.24. The lowest BCUT2D eigenvalue weighted by molar-refractivity contribution is 0.460. The molecule has 0 bridgehead atoms. The number of hydrogen-bond acceptors (Lipinski definition) is 4. The molecule has 0 amide bonds. The van der Waals surface area contributed by atoms with Gasteiger partial charge in [0.2, 0.25) is 0 Å². The Bertz CT molecular complexity index is 1670. The molecule has 0 fully saturated rings. The van der Waals surface area contributed by atoms with Gasteiger partial charge in [-0.15, -0.1) is 0 Å². The van der Waals surface area contributed by atoms with Crippen molar-refractivity contribution in [3.8, 4) is 11.5 Å². The number of nitrogens with zero attached hydrogens (tertiary/aromatic N) is 2. The van der Waals surface area contributed by atoms with E-state index < -0.39 is 17.0 Å². The number of fused-ring (bicyclic) bond motifs is 2. The Balaban J connectivity index is 2.01. The van der Waals surface area contributed by atoms with Crippen LogP contribution >= 0.6 is 23.2 Å². The van der Waals surface area contributed by atoms with Crippen molar-refractivity contribution in [2.75, 3.05) is 0 Å². The Morgan fingerprint density at radius 2 is 1.14 bits per heavy atom. The highest BCUT2D eigenvalue weighted by molar-refractivity contribution is 6.42. The van der Waals surface area contributed by atoms with Crippen molar-refractivity contribution < 1.29 is 10.2 Å². The third-order valence-electron chi connectivity index (χ3n) is 6.49. The quantitative estimate of drug-likeness (QED) is 0.348. The monoisotopic (exact) mass is 506 g/mol. The molecule has 35 heavy (non-hydrogen) atoms. The highest BCUT2D eigenvalue weighted by atomic mass is 35.5. The molecule has 0 aliphatic rings. The molecule has 176 valence electrons. The van der Waals surface area contributed by atoms with Crippen LogP contribution in [0.15, 0.2) is 76.3 Å². The van der Waals surface area contributed by atoms with Crippen LogP contribution in [0.25, 0.3) is 21.8 Å². The topological polar surface area (TPSA) is 84.5 Å². The predicted octanol–water partition coefficient (Wildman–Crippen LogP) is 5.29. The van der Waals surface area contributed by atoms with E-state index in [9.17, 15) is 19.8 Å². The van der Waals surface area contributed by atoms with Crippen molar-refractivity contribution in [1.82, 2.24) is 9.13 Å². The molecule has 0 saturated heterocycles. The van der Waals surface area contributed by atoms with E-state index in [2.05, 4.69) is 0 Å². The molecule has 2 aromatic heterocycles. The second kappa shape index (κ2) is 8.48. The summed E-state index contributed by atoms with van der Waals surface area (Å²) in [7, 11) is 3.17. The number of rotatable bonds is 3. The van der Waals surface area contributed by atoms with Crippen molar-refractivity contribution >= 4 is 45.0 Å². The third-order valence-corrected chi connectivity index (χ3v) is 7.32. The minimum atomic E-state index is -1.20. The van der Waals surface area contributed by atoms with E-state index in [4.69, 9.17) is 23.2 Å². The number of hydrogen-bond donors (Lipinski definition) is 2. The van der Waals surface area contributed by atoms with Crippen LogP contribution in [0.2, 0.25) is 10.0 Å². The van der Waals surface area contributed by atoms with Gasteiger partial charge in [0.25, 0.3) is 11.1 Å². The Kier molecular flexibility index (Phi) is 5.58. The van der Waals surface area contributed by atoms with Crippen LogP contribution in [0, 0.1) is 0 Å². The highest BCUT2D eigenvalue weighted by Crippen LogP contribution is 2.44. The number of halogens is 2. The normalized spacial score (nSPS) is 11.6. The molecule has 0 atom stereocenters. The fourth-order valence-electron chi connectivity index (χ4n) is 4.72. The first-order valence-corrected chi connectivity index (χ1v) is 11.5. The molecule has 0 radical (unpaired) electrons. The summed E-state index contributed by atoms with van der Waals surface area (Å²) >= 11 is 12.9. The van der Waals surface area contributed by atoms with Crippen LogP contribution < -0.4 is 11.1 Å². The molecule has 8 heteroatoms. The molecular weight excluding hydrogens is 487 g/mol. The molecule has 5 rings (SSSR count). The number of aryl methyl sites for hydroxylation is 2. The zero-order chi connectivity index (χ0) is 25.0. The van der Waals surface area contributed by atoms with Crippen molar-refractivity contribution in [3.05, 3.63) is 114 Å². The largest absolute Gasteiger partial charge is 0.507 e. The summed E-state index contributed by atoms with van der Waals surface area (Å²) in [5.41, 5.74) is 0.116. The minimum absolute atomic E-state index is 0.0851. The SMILES string of the molecule is Cn1c(=O)c(C(c2cccc(Cl)c2Cl)c2c(O)c3ccccc3n(C)c2=O)c(O)c2ccccc21. The zero-order valence-corrected chi connectivity index (χ0v) is 20.3. The van der Waals surface area contributed by atoms with Crippen molar-refractivity contribution in [1.29, 1.82) is 0 Å². The maximum Gasteiger partial charge on any atom is 0.258 e. The summed E-state index contributed by atoms with van der Waals surface area (Å²) < 4.78 is 2.80. The Morgan fingerprint density at radius 3 is 1.63 bits per heavy atom. The van der Waals surface area contributed by atoms with Crippen LogP contribution in [0.3, 0.4) is 0 Å². The number of pyridine rings is 2. The Hall–Kier alpha value is -3.74. The van der Waals surface area contributed by atoms with Gasteiger partial charge in [-0.25, -0.2) is 0 Å². The van der Waals surface area contributed by atoms with Gasteiger partial charge in [-0.2, -0.15) is 0 Å². The number of benzene rings is 3. The van der Waals surface area contributed by atoms with E-state index in [1.165, 1.54) is 9.13 Å². The van der Waals surface area contributed by atoms with E-state index in [0.29, 0.717) is 27.4 Å². The molecule has 0 spiro atoms. The fourth-order valence-corrected chi connectivity index (χ4v) is 5.14. The summed E-state index contributed by atoms with van der Waals surface area (Å²) in [6.07, 6.45) is 0. The van der Waals surface area contributed by atoms with Crippen molar-refractivity contribution in [2.45, 2.75) is 5.92 Å². The third kappa shape index (κ3) is 3.40. The molecule has 0 saturated carbocycles. The van der Waals surface area contributed by atoms with Gasteiger partial charge in [-0.3, -0.25) is 9.59 Å². The second-order valence-corrected chi connectivity index (χ2v) is 9.15. The molecule has 6 nitrogen and oxygen atoms in total. The van der Waals surface area contributed by atoms with E-state index in [1.807, 2.05) is 0 Å². The van der Waals surface area contributed by atoms with E-state index >= 15 is 0 Å². The summed E-state index contributed by atoms with van der Waals surface area (Å²) in [5.74, 6) is -1.79. The average Bonchev–Trinajstić information content (AvgIpc) is 2.87. The first kappa shape index (κ1) is 23.0. The van der Waals surface area contributed by atoms with E-state index in [1.54, 1.807) is 80.8 Å². The Morgan fingerprint density at radius 1 is 0.686 bits per heavy atom. The van der Waals surface area contributed by atoms with Crippen molar-refractivity contribution in [2.24, 2.45) is 14.1 Å². The van der Waals surface area contributed by atoms with Gasteiger partial charge in [0.05, 0.1) is 38.1 Å². The lowest BCUT2D eigenvalue weighted by atomic mass is 9.83. The van der Waals surface area contributed by atoms with Crippen LogP contribution in [-0.4, -0.2) is 19.3 Å². The second-order valence-electron chi connectivity index (χ2n) is 8.36. The van der Waals surface area contributed by atoms with Gasteiger partial charge in [0, 0.05) is 24.9 Å². The number of para-hydroxylation sites is 2. The van der Waals surface area contributed by atoms with Gasteiger partial charge in [-0.05, 0) is 35.9 Å². The van der Waals surface area contributed by atoms with Gasteiger partial charge in [0.15, 0.2) is 0 Å². The van der Waals surface area contributed by atoms with Gasteiger partial charge in [0.1, 0.15) is 11.5 Å². The maximum atomic E-state index is 13.7. The Labute approximate surface area is 209 Å². The average molecular weight is 507 g/mol. The molecule has 2 N–H and O–H groups in total. The van der Waals surface area contributed by atoms with E-state index in [-0.39, 0.29) is 32.7 Å². The lowest BCUT2D eigenvalue weighted by Crippen LogP contribution is -2.30. The van der Waals surface area contributed by atoms with Crippen molar-refractivity contribution in [3.63, 3.8) is 0 Å². The standard InChI is InChI=1S/C27H20Cl2N2O4/c1-30-18-12-5-3-8-14(18)24(32)21(26(30)34)20(16-10-7-11-17(28)23(16)29)22-25(33)15-9-4-6-13-19(15)31(2)27(22)35/h3-13,20,32-33H,1-2H3. The summed E-state index contributed by atoms with van der Waals surface area (Å²) in [4.78, 5) is 27.4. The van der Waals surface area contributed by atoms with Gasteiger partial charge >= 0.3 is 0 Å². The van der Waals surface area contributed by atoms with Crippen LogP contribution in [0.4, 0.5) is 0 Å². The van der Waals surface area contributed by atoms with Gasteiger partial charge in [-0.1, -0.05) is 59.6 Å². The summed E-state index contributed by atoms with van der Waals surface area (Å²) in [6, 6.07) is 18.7. The van der Waals surface area contributed by atoms with Gasteiger partial charge < -0.3 is 19.3 Å². The zero-order valence-electron chi connectivity index (χ0n) is 18.8. The maximum absolute atomic E-state index is 13.7. The highest BCUT2D eigenvalue weighted by Gasteiger charge is 2.33. The molecule has 5 aromatic rings. The first-order chi connectivity index (χ1) is 16.7. The van der Waals surface area contributed by atoms with Crippen LogP contribution in [0.5, 0.6) is 11.5 Å². The number of aromatic nitrogens is 2. The predicted molar refractivity (Wildman–Crippen MR) is 139 cm³/mol. The molecule has 2 heterocycles. The van der Waals surface area contributed by atoms with Crippen LogP contribution in [0.1, 0.15) is 22.6 Å². The fraction of sp³-hybridized carbons (Fsp3) is 0.111. The summed E-state index contributed by atoms with van der Waals surface area (Å²) in [5, 5.41) is 24.0. The van der Waals surface area contributed by atoms with Crippen LogP contribution in [-0.2, 0) is 14.1 Å². The number of aromatic hydroxyl groups is 2. The smallest absolute Gasteiger partial charge is 0.258 e. The molecule has 3 aromatic carbocycles. The molecular formula is C27H20Cl2N2O4.